The summed E-state index contributed by atoms with van der Waals surface area (Å²) in [5.41, 5.74) is 6.19. The number of carbonyl (C=O) groups is 1. The summed E-state index contributed by atoms with van der Waals surface area (Å²) in [4.78, 5) is 15.6. The van der Waals surface area contributed by atoms with Gasteiger partial charge in [0.05, 0.1) is 13.2 Å². The monoisotopic (exact) mass is 295 g/mol. The van der Waals surface area contributed by atoms with Gasteiger partial charge in [0, 0.05) is 13.2 Å². The molecule has 0 bridgehead atoms. The van der Waals surface area contributed by atoms with E-state index >= 15 is 0 Å². The van der Waals surface area contributed by atoms with Gasteiger partial charge in [0.1, 0.15) is 23.6 Å². The van der Waals surface area contributed by atoms with Gasteiger partial charge >= 0.3 is 5.97 Å². The van der Waals surface area contributed by atoms with Gasteiger partial charge in [-0.2, -0.15) is 0 Å². The average Bonchev–Trinajstić information content (AvgIpc) is 3.11. The van der Waals surface area contributed by atoms with Gasteiger partial charge in [0.15, 0.2) is 5.96 Å². The van der Waals surface area contributed by atoms with E-state index in [2.05, 4.69) is 15.0 Å². The van der Waals surface area contributed by atoms with Crippen LogP contribution in [0.1, 0.15) is 34.7 Å². The molecule has 1 aliphatic heterocycles. The molecule has 0 aliphatic carbocycles. The van der Waals surface area contributed by atoms with E-state index in [1.165, 1.54) is 7.11 Å². The summed E-state index contributed by atoms with van der Waals surface area (Å²) in [5.74, 6) is 0.989. The third-order valence-corrected chi connectivity index (χ3v) is 3.31. The van der Waals surface area contributed by atoms with E-state index in [0.29, 0.717) is 29.6 Å². The van der Waals surface area contributed by atoms with Gasteiger partial charge in [-0.05, 0) is 25.8 Å². The van der Waals surface area contributed by atoms with Crippen molar-refractivity contribution < 1.29 is 18.7 Å². The fourth-order valence-electron chi connectivity index (χ4n) is 2.18. The number of aryl methyl sites for hydroxylation is 1. The van der Waals surface area contributed by atoms with Crippen molar-refractivity contribution in [2.24, 2.45) is 10.7 Å². The molecule has 0 saturated carbocycles. The summed E-state index contributed by atoms with van der Waals surface area (Å²) in [6, 6.07) is 1.62. The van der Waals surface area contributed by atoms with Crippen molar-refractivity contribution in [2.45, 2.75) is 32.4 Å². The van der Waals surface area contributed by atoms with Gasteiger partial charge in [-0.3, -0.25) is 0 Å². The van der Waals surface area contributed by atoms with Gasteiger partial charge in [-0.1, -0.05) is 0 Å². The summed E-state index contributed by atoms with van der Waals surface area (Å²) in [6.07, 6.45) is 2.33. The lowest BCUT2D eigenvalue weighted by atomic mass is 10.2. The van der Waals surface area contributed by atoms with E-state index < -0.39 is 5.97 Å². The standard InChI is InChI=1S/C14H21N3O4/c1-9-12(13(18)19-2)6-11(21-9)8-17-14(15)16-7-10-4-3-5-20-10/h6,10H,3-5,7-8H2,1-2H3,(H3,15,16,17). The second-order valence-corrected chi connectivity index (χ2v) is 4.89. The Morgan fingerprint density at radius 2 is 2.43 bits per heavy atom. The van der Waals surface area contributed by atoms with Gasteiger partial charge in [0.2, 0.25) is 0 Å². The van der Waals surface area contributed by atoms with Crippen molar-refractivity contribution in [3.8, 4) is 0 Å². The van der Waals surface area contributed by atoms with E-state index in [4.69, 9.17) is 14.9 Å². The highest BCUT2D eigenvalue weighted by Crippen LogP contribution is 2.16. The molecule has 0 aromatic carbocycles. The van der Waals surface area contributed by atoms with Gasteiger partial charge in [-0.25, -0.2) is 9.79 Å². The lowest BCUT2D eigenvalue weighted by Gasteiger charge is -2.10. The van der Waals surface area contributed by atoms with Crippen LogP contribution < -0.4 is 11.1 Å². The number of aliphatic imine (C=N–C) groups is 1. The molecule has 1 atom stereocenters. The molecule has 1 aliphatic rings. The average molecular weight is 295 g/mol. The second-order valence-electron chi connectivity index (χ2n) is 4.89. The second kappa shape index (κ2) is 7.12. The first-order chi connectivity index (χ1) is 10.1. The number of ether oxygens (including phenoxy) is 2. The molecule has 1 aromatic heterocycles. The molecule has 1 saturated heterocycles. The molecular formula is C14H21N3O4. The molecule has 116 valence electrons. The summed E-state index contributed by atoms with van der Waals surface area (Å²) in [6.45, 7) is 3.44. The number of nitrogens with one attached hydrogen (secondary N) is 1. The molecule has 3 N–H and O–H groups in total. The molecule has 7 nitrogen and oxygen atoms in total. The molecule has 0 amide bonds. The minimum Gasteiger partial charge on any atom is -0.465 e. The van der Waals surface area contributed by atoms with Gasteiger partial charge < -0.3 is 24.9 Å². The fraction of sp³-hybridized carbons (Fsp3) is 0.571. The Bertz CT molecular complexity index is 518. The Morgan fingerprint density at radius 1 is 1.62 bits per heavy atom. The highest BCUT2D eigenvalue weighted by Gasteiger charge is 2.16. The van der Waals surface area contributed by atoms with E-state index in [0.717, 1.165) is 19.4 Å². The number of nitrogens with two attached hydrogens (primary N) is 1. The molecule has 7 heteroatoms. The summed E-state index contributed by atoms with van der Waals surface area (Å²) in [5, 5.41) is 3.02. The predicted octanol–water partition coefficient (Wildman–Crippen LogP) is 0.958. The number of methoxy groups -OCH3 is 1. The lowest BCUT2D eigenvalue weighted by Crippen LogP contribution is -2.37. The highest BCUT2D eigenvalue weighted by atomic mass is 16.5. The summed E-state index contributed by atoms with van der Waals surface area (Å²) >= 11 is 0. The maximum atomic E-state index is 11.5. The van der Waals surface area contributed by atoms with Crippen molar-refractivity contribution in [1.29, 1.82) is 0 Å². The number of hydrogen-bond donors (Lipinski definition) is 2. The lowest BCUT2D eigenvalue weighted by molar-refractivity contribution is 0.0599. The number of carbonyl (C=O) groups excluding carboxylic acids is 1. The van der Waals surface area contributed by atoms with Crippen molar-refractivity contribution in [1.82, 2.24) is 5.32 Å². The minimum atomic E-state index is -0.420. The van der Waals surface area contributed by atoms with Crippen molar-refractivity contribution in [3.05, 3.63) is 23.2 Å². The van der Waals surface area contributed by atoms with Crippen LogP contribution in [0.3, 0.4) is 0 Å². The highest BCUT2D eigenvalue weighted by molar-refractivity contribution is 5.90. The van der Waals surface area contributed by atoms with Crippen LogP contribution in [0.2, 0.25) is 0 Å². The van der Waals surface area contributed by atoms with Crippen molar-refractivity contribution in [2.75, 3.05) is 20.3 Å². The fourth-order valence-corrected chi connectivity index (χ4v) is 2.18. The van der Waals surface area contributed by atoms with Crippen molar-refractivity contribution in [3.63, 3.8) is 0 Å². The number of guanidine groups is 1. The number of hydrogen-bond acceptors (Lipinski definition) is 5. The molecule has 0 radical (unpaired) electrons. The van der Waals surface area contributed by atoms with Crippen LogP contribution in [0, 0.1) is 6.92 Å². The predicted molar refractivity (Wildman–Crippen MR) is 77.1 cm³/mol. The van der Waals surface area contributed by atoms with E-state index in [9.17, 15) is 4.79 Å². The Balaban J connectivity index is 1.86. The number of esters is 1. The van der Waals surface area contributed by atoms with Crippen LogP contribution in [-0.4, -0.2) is 38.3 Å². The van der Waals surface area contributed by atoms with Gasteiger partial charge in [-0.15, -0.1) is 0 Å². The third kappa shape index (κ3) is 4.22. The van der Waals surface area contributed by atoms with Crippen LogP contribution in [0.25, 0.3) is 0 Å². The number of nitrogens with zero attached hydrogens (tertiary/aromatic N) is 1. The molecule has 1 unspecified atom stereocenters. The first-order valence-electron chi connectivity index (χ1n) is 6.93. The molecule has 1 aromatic rings. The summed E-state index contributed by atoms with van der Waals surface area (Å²) in [7, 11) is 1.33. The molecule has 21 heavy (non-hydrogen) atoms. The Kier molecular flexibility index (Phi) is 5.21. The molecule has 2 heterocycles. The zero-order chi connectivity index (χ0) is 15.2. The van der Waals surface area contributed by atoms with Crippen molar-refractivity contribution >= 4 is 11.9 Å². The largest absolute Gasteiger partial charge is 0.465 e. The van der Waals surface area contributed by atoms with E-state index in [1.807, 2.05) is 0 Å². The SMILES string of the molecule is COC(=O)c1cc(CN=C(N)NCC2CCCO2)oc1C. The Morgan fingerprint density at radius 3 is 3.10 bits per heavy atom. The minimum absolute atomic E-state index is 0.204. The Labute approximate surface area is 123 Å². The first-order valence-corrected chi connectivity index (χ1v) is 6.93. The van der Waals surface area contributed by atoms with Gasteiger partial charge in [0.25, 0.3) is 0 Å². The van der Waals surface area contributed by atoms with E-state index in [1.54, 1.807) is 13.0 Å². The number of rotatable bonds is 5. The smallest absolute Gasteiger partial charge is 0.341 e. The molecular weight excluding hydrogens is 274 g/mol. The maximum absolute atomic E-state index is 11.5. The van der Waals surface area contributed by atoms with Crippen LogP contribution in [0.5, 0.6) is 0 Å². The molecule has 0 spiro atoms. The van der Waals surface area contributed by atoms with Crippen LogP contribution in [-0.2, 0) is 16.0 Å². The maximum Gasteiger partial charge on any atom is 0.341 e. The first kappa shape index (κ1) is 15.4. The molecule has 2 rings (SSSR count). The zero-order valence-electron chi connectivity index (χ0n) is 12.3. The van der Waals surface area contributed by atoms with Crippen LogP contribution in [0.4, 0.5) is 0 Å². The van der Waals surface area contributed by atoms with Crippen LogP contribution in [0.15, 0.2) is 15.5 Å². The summed E-state index contributed by atoms with van der Waals surface area (Å²) < 4.78 is 15.6. The quantitative estimate of drug-likeness (QED) is 0.477. The Hall–Kier alpha value is -2.02. The number of furan rings is 1. The van der Waals surface area contributed by atoms with E-state index in [-0.39, 0.29) is 12.6 Å². The topological polar surface area (TPSA) is 99.1 Å². The zero-order valence-corrected chi connectivity index (χ0v) is 12.3. The molecule has 1 fully saturated rings. The normalized spacial score (nSPS) is 18.8. The third-order valence-electron chi connectivity index (χ3n) is 3.31. The van der Waals surface area contributed by atoms with Crippen LogP contribution >= 0.6 is 0 Å².